The van der Waals surface area contributed by atoms with Gasteiger partial charge in [0.1, 0.15) is 5.71 Å². The summed E-state index contributed by atoms with van der Waals surface area (Å²) in [5.74, 6) is 5.96. The van der Waals surface area contributed by atoms with Crippen molar-refractivity contribution in [1.29, 1.82) is 0 Å². The van der Waals surface area contributed by atoms with Crippen molar-refractivity contribution in [3.63, 3.8) is 0 Å². The van der Waals surface area contributed by atoms with Crippen LogP contribution in [-0.2, 0) is 6.54 Å². The fourth-order valence-electron chi connectivity index (χ4n) is 2.23. The van der Waals surface area contributed by atoms with E-state index in [2.05, 4.69) is 10.1 Å². The van der Waals surface area contributed by atoms with Crippen LogP contribution in [0.1, 0.15) is 18.7 Å². The lowest BCUT2D eigenvalue weighted by atomic mass is 10.1. The van der Waals surface area contributed by atoms with Crippen LogP contribution in [0.5, 0.6) is 0 Å². The van der Waals surface area contributed by atoms with Crippen molar-refractivity contribution in [2.24, 2.45) is 10.9 Å². The van der Waals surface area contributed by atoms with Gasteiger partial charge in [-0.25, -0.2) is 4.98 Å². The number of nitrogens with two attached hydrogens (primary N) is 1. The second-order valence-corrected chi connectivity index (χ2v) is 4.09. The molecule has 1 aromatic carbocycles. The fourth-order valence-corrected chi connectivity index (χ4v) is 2.23. The molecule has 2 aromatic rings. The van der Waals surface area contributed by atoms with Crippen LogP contribution in [-0.4, -0.2) is 15.3 Å². The van der Waals surface area contributed by atoms with Crippen LogP contribution in [0.25, 0.3) is 10.9 Å². The number of benzene rings is 1. The third-order valence-electron chi connectivity index (χ3n) is 3.07. The molecule has 0 unspecified atom stereocenters. The van der Waals surface area contributed by atoms with E-state index >= 15 is 0 Å². The number of rotatable bonds is 0. The van der Waals surface area contributed by atoms with Crippen LogP contribution in [0.4, 0.5) is 0 Å². The molecule has 3 rings (SSSR count). The third kappa shape index (κ3) is 1.43. The zero-order valence-corrected chi connectivity index (χ0v) is 9.26. The Balaban J connectivity index is 2.42. The van der Waals surface area contributed by atoms with Gasteiger partial charge in [-0.15, -0.1) is 0 Å². The smallest absolute Gasteiger partial charge is 0.261 e. The summed E-state index contributed by atoms with van der Waals surface area (Å²) in [6.07, 6.45) is 1.66. The first-order chi connectivity index (χ1) is 8.31. The number of fused-ring (bicyclic) bond motifs is 2. The number of hydrazone groups is 1. The Hall–Kier alpha value is -2.17. The summed E-state index contributed by atoms with van der Waals surface area (Å²) in [6, 6.07) is 7.35. The van der Waals surface area contributed by atoms with Crippen LogP contribution in [0.2, 0.25) is 0 Å². The average molecular weight is 228 g/mol. The van der Waals surface area contributed by atoms with Crippen molar-refractivity contribution in [2.75, 3.05) is 0 Å². The molecule has 0 spiro atoms. The Morgan fingerprint density at radius 1 is 1.35 bits per heavy atom. The van der Waals surface area contributed by atoms with Crippen molar-refractivity contribution >= 4 is 16.6 Å². The average Bonchev–Trinajstić information content (AvgIpc) is 2.38. The highest BCUT2D eigenvalue weighted by molar-refractivity contribution is 5.99. The van der Waals surface area contributed by atoms with E-state index in [4.69, 9.17) is 5.84 Å². The maximum absolute atomic E-state index is 12.3. The zero-order chi connectivity index (χ0) is 11.8. The topological polar surface area (TPSA) is 73.3 Å². The van der Waals surface area contributed by atoms with Gasteiger partial charge >= 0.3 is 0 Å². The van der Waals surface area contributed by atoms with Crippen LogP contribution in [0.3, 0.4) is 0 Å². The van der Waals surface area contributed by atoms with E-state index in [1.165, 1.54) is 0 Å². The molecule has 2 N–H and O–H groups in total. The van der Waals surface area contributed by atoms with Gasteiger partial charge in [0.2, 0.25) is 0 Å². The Kier molecular flexibility index (Phi) is 2.18. The molecule has 5 heteroatoms. The molecule has 0 atom stereocenters. The Morgan fingerprint density at radius 2 is 2.18 bits per heavy atom. The molecular weight excluding hydrogens is 216 g/mol. The number of aromatic nitrogens is 2. The summed E-state index contributed by atoms with van der Waals surface area (Å²) < 4.78 is 1.66. The molecule has 1 aliphatic rings. The lowest BCUT2D eigenvalue weighted by Gasteiger charge is -2.18. The second-order valence-electron chi connectivity index (χ2n) is 4.09. The van der Waals surface area contributed by atoms with E-state index in [9.17, 15) is 4.79 Å². The number of nitrogens with zero attached hydrogens (tertiary/aromatic N) is 3. The minimum atomic E-state index is -0.00792. The second kappa shape index (κ2) is 3.69. The molecule has 0 saturated heterocycles. The molecule has 0 radical (unpaired) electrons. The van der Waals surface area contributed by atoms with E-state index < -0.39 is 0 Å². The summed E-state index contributed by atoms with van der Waals surface area (Å²) in [4.78, 5) is 16.7. The van der Waals surface area contributed by atoms with Gasteiger partial charge in [-0.1, -0.05) is 12.1 Å². The molecule has 1 aliphatic heterocycles. The first kappa shape index (κ1) is 10.0. The molecule has 0 saturated carbocycles. The minimum absolute atomic E-state index is 0.00792. The normalized spacial score (nSPS) is 17.3. The first-order valence-corrected chi connectivity index (χ1v) is 5.58. The molecule has 0 bridgehead atoms. The molecule has 5 nitrogen and oxygen atoms in total. The number of hydrogen-bond acceptors (Lipinski definition) is 4. The highest BCUT2D eigenvalue weighted by Crippen LogP contribution is 2.14. The standard InChI is InChI=1S/C12H12N4O/c13-15-10-6-3-7-16-11(10)14-9-5-2-1-4-8(9)12(16)17/h1-2,4-5H,3,6-7,13H2. The summed E-state index contributed by atoms with van der Waals surface area (Å²) >= 11 is 0. The van der Waals surface area contributed by atoms with E-state index in [0.717, 1.165) is 12.8 Å². The van der Waals surface area contributed by atoms with Crippen LogP contribution < -0.4 is 11.4 Å². The van der Waals surface area contributed by atoms with E-state index in [0.29, 0.717) is 29.0 Å². The van der Waals surface area contributed by atoms with Crippen molar-refractivity contribution in [3.8, 4) is 0 Å². The first-order valence-electron chi connectivity index (χ1n) is 5.58. The molecule has 0 amide bonds. The number of para-hydroxylation sites is 1. The van der Waals surface area contributed by atoms with Gasteiger partial charge in [-0.2, -0.15) is 5.10 Å². The number of hydrogen-bond donors (Lipinski definition) is 1. The quantitative estimate of drug-likeness (QED) is 0.536. The van der Waals surface area contributed by atoms with Crippen molar-refractivity contribution in [1.82, 2.24) is 9.55 Å². The molecule has 1 aromatic heterocycles. The highest BCUT2D eigenvalue weighted by atomic mass is 16.1. The lowest BCUT2D eigenvalue weighted by Crippen LogP contribution is -2.32. The Bertz CT molecular complexity index is 672. The third-order valence-corrected chi connectivity index (χ3v) is 3.07. The Morgan fingerprint density at radius 3 is 3.00 bits per heavy atom. The monoisotopic (exact) mass is 228 g/mol. The summed E-state index contributed by atoms with van der Waals surface area (Å²) in [5, 5.41) is 4.38. The Labute approximate surface area is 97.6 Å². The van der Waals surface area contributed by atoms with E-state index in [1.54, 1.807) is 10.6 Å². The van der Waals surface area contributed by atoms with Crippen molar-refractivity contribution < 1.29 is 0 Å². The molecule has 86 valence electrons. The van der Waals surface area contributed by atoms with E-state index in [1.807, 2.05) is 18.2 Å². The SMILES string of the molecule is NN=C1CCCn2c1nc1ccccc1c2=O. The molecule has 2 heterocycles. The van der Waals surface area contributed by atoms with Gasteiger partial charge < -0.3 is 5.84 Å². The van der Waals surface area contributed by atoms with Gasteiger partial charge in [-0.3, -0.25) is 9.36 Å². The largest absolute Gasteiger partial charge is 0.323 e. The van der Waals surface area contributed by atoms with Gasteiger partial charge in [0.05, 0.1) is 10.9 Å². The molecule has 17 heavy (non-hydrogen) atoms. The predicted molar refractivity (Wildman–Crippen MR) is 66.0 cm³/mol. The summed E-state index contributed by atoms with van der Waals surface area (Å²) in [6.45, 7) is 0.686. The molecule has 0 fully saturated rings. The minimum Gasteiger partial charge on any atom is -0.323 e. The molecule has 0 aliphatic carbocycles. The summed E-state index contributed by atoms with van der Waals surface area (Å²) in [5.41, 5.74) is 1.40. The predicted octanol–water partition coefficient (Wildman–Crippen LogP) is 0.853. The van der Waals surface area contributed by atoms with E-state index in [-0.39, 0.29) is 5.56 Å². The maximum atomic E-state index is 12.3. The van der Waals surface area contributed by atoms with Gasteiger partial charge in [0.25, 0.3) is 5.56 Å². The van der Waals surface area contributed by atoms with Gasteiger partial charge in [-0.05, 0) is 25.0 Å². The highest BCUT2D eigenvalue weighted by Gasteiger charge is 2.19. The molecular formula is C12H12N4O. The van der Waals surface area contributed by atoms with Crippen LogP contribution in [0.15, 0.2) is 34.2 Å². The maximum Gasteiger partial charge on any atom is 0.261 e. The fraction of sp³-hybridized carbons (Fsp3) is 0.250. The lowest BCUT2D eigenvalue weighted by molar-refractivity contribution is 0.596. The zero-order valence-electron chi connectivity index (χ0n) is 9.26. The van der Waals surface area contributed by atoms with Crippen molar-refractivity contribution in [3.05, 3.63) is 40.4 Å². The van der Waals surface area contributed by atoms with Crippen molar-refractivity contribution in [2.45, 2.75) is 19.4 Å². The van der Waals surface area contributed by atoms with Gasteiger partial charge in [0.15, 0.2) is 5.82 Å². The summed E-state index contributed by atoms with van der Waals surface area (Å²) in [7, 11) is 0. The van der Waals surface area contributed by atoms with Gasteiger partial charge in [0, 0.05) is 6.54 Å². The van der Waals surface area contributed by atoms with Crippen LogP contribution >= 0.6 is 0 Å². The van der Waals surface area contributed by atoms with Crippen LogP contribution in [0, 0.1) is 0 Å².